The molecule has 1 aromatic carbocycles. The summed E-state index contributed by atoms with van der Waals surface area (Å²) >= 11 is 0. The zero-order valence-electron chi connectivity index (χ0n) is 11.2. The maximum absolute atomic E-state index is 13.3. The summed E-state index contributed by atoms with van der Waals surface area (Å²) in [4.78, 5) is 12.1. The van der Waals surface area contributed by atoms with Gasteiger partial charge in [-0.1, -0.05) is 11.8 Å². The van der Waals surface area contributed by atoms with E-state index in [2.05, 4.69) is 27.4 Å². The van der Waals surface area contributed by atoms with Gasteiger partial charge < -0.3 is 10.4 Å². The van der Waals surface area contributed by atoms with Crippen LogP contribution in [0.1, 0.15) is 27.9 Å². The Balaban J connectivity index is 2.14. The lowest BCUT2D eigenvalue weighted by Crippen LogP contribution is -2.23. The third-order valence-corrected chi connectivity index (χ3v) is 2.69. The summed E-state index contributed by atoms with van der Waals surface area (Å²) in [5.74, 6) is 4.58. The molecule has 0 saturated carbocycles. The molecule has 0 fully saturated rings. The van der Waals surface area contributed by atoms with E-state index in [0.717, 1.165) is 5.56 Å². The molecule has 6 heteroatoms. The number of amides is 1. The van der Waals surface area contributed by atoms with Gasteiger partial charge in [-0.05, 0) is 18.2 Å². The van der Waals surface area contributed by atoms with Gasteiger partial charge in [-0.3, -0.25) is 9.89 Å². The van der Waals surface area contributed by atoms with Crippen molar-refractivity contribution in [3.63, 3.8) is 0 Å². The number of carbonyl (C=O) groups excluding carboxylic acids is 1. The second-order valence-corrected chi connectivity index (χ2v) is 4.25. The third kappa shape index (κ3) is 4.16. The highest BCUT2D eigenvalue weighted by molar-refractivity contribution is 5.96. The maximum atomic E-state index is 13.3. The Hall–Kier alpha value is -2.65. The van der Waals surface area contributed by atoms with Gasteiger partial charge in [0.2, 0.25) is 0 Å². The van der Waals surface area contributed by atoms with Crippen LogP contribution in [0.5, 0.6) is 0 Å². The van der Waals surface area contributed by atoms with Crippen molar-refractivity contribution >= 4 is 5.91 Å². The van der Waals surface area contributed by atoms with Gasteiger partial charge in [0.1, 0.15) is 5.82 Å². The minimum atomic E-state index is -0.463. The first-order valence-corrected chi connectivity index (χ1v) is 6.36. The van der Waals surface area contributed by atoms with Crippen LogP contribution in [-0.2, 0) is 6.54 Å². The molecule has 0 aliphatic rings. The molecule has 5 nitrogen and oxygen atoms in total. The number of nitrogens with one attached hydrogen (secondary N) is 2. The van der Waals surface area contributed by atoms with Crippen LogP contribution in [0.15, 0.2) is 30.6 Å². The molecular weight excluding hydrogens is 273 g/mol. The van der Waals surface area contributed by atoms with Gasteiger partial charge >= 0.3 is 0 Å². The minimum Gasteiger partial charge on any atom is -0.395 e. The maximum Gasteiger partial charge on any atom is 0.252 e. The summed E-state index contributed by atoms with van der Waals surface area (Å²) in [5.41, 5.74) is 1.43. The quantitative estimate of drug-likeness (QED) is 0.740. The van der Waals surface area contributed by atoms with Crippen LogP contribution < -0.4 is 5.32 Å². The summed E-state index contributed by atoms with van der Waals surface area (Å²) in [7, 11) is 0. The highest BCUT2D eigenvalue weighted by Gasteiger charge is 2.11. The molecule has 2 rings (SSSR count). The van der Waals surface area contributed by atoms with Crippen molar-refractivity contribution < 1.29 is 14.3 Å². The Bertz CT molecular complexity index is 672. The van der Waals surface area contributed by atoms with Crippen LogP contribution in [0.25, 0.3) is 0 Å². The summed E-state index contributed by atoms with van der Waals surface area (Å²) in [6.45, 7) is 0.237. The first-order valence-electron chi connectivity index (χ1n) is 6.36. The fraction of sp³-hybridized carbons (Fsp3) is 0.200. The van der Waals surface area contributed by atoms with Crippen LogP contribution in [0.4, 0.5) is 4.39 Å². The van der Waals surface area contributed by atoms with Crippen LogP contribution in [0.2, 0.25) is 0 Å². The van der Waals surface area contributed by atoms with E-state index in [1.165, 1.54) is 18.2 Å². The number of nitrogens with zero attached hydrogens (tertiary/aromatic N) is 1. The molecule has 0 aliphatic heterocycles. The molecule has 0 unspecified atom stereocenters. The molecule has 2 aromatic rings. The fourth-order valence-electron chi connectivity index (χ4n) is 1.68. The van der Waals surface area contributed by atoms with Crippen molar-refractivity contribution in [3.05, 3.63) is 53.1 Å². The molecule has 3 N–H and O–H groups in total. The van der Waals surface area contributed by atoms with Crippen LogP contribution in [0.3, 0.4) is 0 Å². The SMILES string of the molecule is O=C(NCc1cn[nH]c1)c1ccc(F)cc1C#CCCO. The average Bonchev–Trinajstić information content (AvgIpc) is 2.98. The molecule has 1 amide bonds. The predicted molar refractivity (Wildman–Crippen MR) is 74.7 cm³/mol. The zero-order valence-corrected chi connectivity index (χ0v) is 11.2. The molecule has 1 aromatic heterocycles. The van der Waals surface area contributed by atoms with E-state index in [1.54, 1.807) is 12.4 Å². The Morgan fingerprint density at radius 3 is 3.05 bits per heavy atom. The van der Waals surface area contributed by atoms with Gasteiger partial charge in [0.25, 0.3) is 5.91 Å². The number of hydrogen-bond acceptors (Lipinski definition) is 3. The summed E-state index contributed by atoms with van der Waals surface area (Å²) in [6, 6.07) is 3.81. The molecule has 0 saturated heterocycles. The first kappa shape index (κ1) is 14.8. The van der Waals surface area contributed by atoms with Gasteiger partial charge in [0.15, 0.2) is 0 Å². The molecule has 0 radical (unpaired) electrons. The number of aromatic amines is 1. The van der Waals surface area contributed by atoms with Crippen molar-refractivity contribution in [2.45, 2.75) is 13.0 Å². The number of aromatic nitrogens is 2. The molecule has 0 spiro atoms. The van der Waals surface area contributed by atoms with Crippen molar-refractivity contribution in [1.82, 2.24) is 15.5 Å². The lowest BCUT2D eigenvalue weighted by molar-refractivity contribution is 0.0950. The normalized spacial score (nSPS) is 9.81. The highest BCUT2D eigenvalue weighted by atomic mass is 19.1. The van der Waals surface area contributed by atoms with Gasteiger partial charge in [-0.2, -0.15) is 5.10 Å². The number of carbonyl (C=O) groups is 1. The Morgan fingerprint density at radius 1 is 1.48 bits per heavy atom. The smallest absolute Gasteiger partial charge is 0.252 e. The van der Waals surface area contributed by atoms with E-state index in [4.69, 9.17) is 5.11 Å². The van der Waals surface area contributed by atoms with Crippen LogP contribution in [-0.4, -0.2) is 27.8 Å². The van der Waals surface area contributed by atoms with Crippen molar-refractivity contribution in [1.29, 1.82) is 0 Å². The highest BCUT2D eigenvalue weighted by Crippen LogP contribution is 2.11. The zero-order chi connectivity index (χ0) is 15.1. The molecular formula is C15H14FN3O2. The number of aliphatic hydroxyl groups excluding tert-OH is 1. The predicted octanol–water partition coefficient (Wildman–Crippen LogP) is 1.21. The molecule has 0 bridgehead atoms. The number of hydrogen-bond donors (Lipinski definition) is 3. The number of halogens is 1. The van der Waals surface area contributed by atoms with Crippen molar-refractivity contribution in [3.8, 4) is 11.8 Å². The molecule has 1 heterocycles. The van der Waals surface area contributed by atoms with Gasteiger partial charge in [-0.25, -0.2) is 4.39 Å². The van der Waals surface area contributed by atoms with E-state index in [1.807, 2.05) is 0 Å². The van der Waals surface area contributed by atoms with E-state index in [9.17, 15) is 9.18 Å². The third-order valence-electron chi connectivity index (χ3n) is 2.69. The topological polar surface area (TPSA) is 78.0 Å². The van der Waals surface area contributed by atoms with Crippen LogP contribution in [0, 0.1) is 17.7 Å². The van der Waals surface area contributed by atoms with E-state index in [0.29, 0.717) is 17.7 Å². The number of aliphatic hydroxyl groups is 1. The standard InChI is InChI=1S/C15H14FN3O2/c16-13-4-5-14(12(7-13)3-1-2-6-20)15(21)17-8-11-9-18-19-10-11/h4-5,7,9-10,20H,2,6,8H2,(H,17,21)(H,18,19). The average molecular weight is 287 g/mol. The van der Waals surface area contributed by atoms with Gasteiger partial charge in [0, 0.05) is 30.3 Å². The van der Waals surface area contributed by atoms with E-state index >= 15 is 0 Å². The second-order valence-electron chi connectivity index (χ2n) is 4.25. The van der Waals surface area contributed by atoms with Crippen molar-refractivity contribution in [2.75, 3.05) is 6.61 Å². The monoisotopic (exact) mass is 287 g/mol. The minimum absolute atomic E-state index is 0.0790. The summed E-state index contributed by atoms with van der Waals surface area (Å²) in [6.07, 6.45) is 3.55. The molecule has 0 aliphatic carbocycles. The number of benzene rings is 1. The van der Waals surface area contributed by atoms with Crippen LogP contribution >= 0.6 is 0 Å². The van der Waals surface area contributed by atoms with Crippen molar-refractivity contribution in [2.24, 2.45) is 0 Å². The molecule has 108 valence electrons. The van der Waals surface area contributed by atoms with E-state index < -0.39 is 5.82 Å². The second kappa shape index (κ2) is 7.22. The largest absolute Gasteiger partial charge is 0.395 e. The lowest BCUT2D eigenvalue weighted by Gasteiger charge is -2.06. The molecule has 21 heavy (non-hydrogen) atoms. The Kier molecular flexibility index (Phi) is 5.07. The number of H-pyrrole nitrogens is 1. The number of rotatable bonds is 4. The van der Waals surface area contributed by atoms with Gasteiger partial charge in [-0.15, -0.1) is 0 Å². The first-order chi connectivity index (χ1) is 10.2. The fourth-order valence-corrected chi connectivity index (χ4v) is 1.68. The lowest BCUT2D eigenvalue weighted by atomic mass is 10.1. The summed E-state index contributed by atoms with van der Waals surface area (Å²) < 4.78 is 13.3. The molecule has 0 atom stereocenters. The Labute approximate surface area is 121 Å². The van der Waals surface area contributed by atoms with Gasteiger partial charge in [0.05, 0.1) is 18.4 Å². The van der Waals surface area contributed by atoms with E-state index in [-0.39, 0.29) is 18.9 Å². The summed E-state index contributed by atoms with van der Waals surface area (Å²) in [5, 5.41) is 17.8. The Morgan fingerprint density at radius 2 is 2.33 bits per heavy atom.